The second kappa shape index (κ2) is 6.75. The minimum Gasteiger partial charge on any atom is -0.497 e. The molecule has 0 aromatic heterocycles. The van der Waals surface area contributed by atoms with Crippen molar-refractivity contribution in [3.8, 4) is 11.8 Å². The van der Waals surface area contributed by atoms with Crippen LogP contribution in [0.25, 0.3) is 0 Å². The molecule has 4 rings (SSSR count). The lowest BCUT2D eigenvalue weighted by molar-refractivity contribution is -0.00699. The summed E-state index contributed by atoms with van der Waals surface area (Å²) in [6.07, 6.45) is 1.86. The van der Waals surface area contributed by atoms with Gasteiger partial charge in [-0.1, -0.05) is 24.3 Å². The Kier molecular flexibility index (Phi) is 4.44. The number of rotatable bonds is 4. The van der Waals surface area contributed by atoms with Crippen LogP contribution in [0.1, 0.15) is 29.5 Å². The Morgan fingerprint density at radius 1 is 1.23 bits per heavy atom. The van der Waals surface area contributed by atoms with E-state index < -0.39 is 5.60 Å². The lowest BCUT2D eigenvalue weighted by Gasteiger charge is -2.31. The number of hydrogen-bond donors (Lipinski definition) is 1. The van der Waals surface area contributed by atoms with Crippen LogP contribution in [-0.4, -0.2) is 30.2 Å². The summed E-state index contributed by atoms with van der Waals surface area (Å²) in [5.74, 6) is 1.56. The second-order valence-electron chi connectivity index (χ2n) is 7.57. The van der Waals surface area contributed by atoms with Crippen molar-refractivity contribution in [3.63, 3.8) is 0 Å². The van der Waals surface area contributed by atoms with Crippen molar-refractivity contribution in [2.24, 2.45) is 11.8 Å². The number of nitrogens with zero attached hydrogens (tertiary/aromatic N) is 2. The molecule has 2 aromatic rings. The summed E-state index contributed by atoms with van der Waals surface area (Å²) >= 11 is 0. The van der Waals surface area contributed by atoms with Gasteiger partial charge in [0.15, 0.2) is 0 Å². The molecule has 1 saturated heterocycles. The fourth-order valence-electron chi connectivity index (χ4n) is 4.76. The van der Waals surface area contributed by atoms with Gasteiger partial charge in [0.25, 0.3) is 0 Å². The smallest absolute Gasteiger partial charge is 0.119 e. The molecular formula is C22H24N2O2. The number of likely N-dealkylation sites (tertiary alicyclic amines) is 1. The molecule has 1 heterocycles. The fourth-order valence-corrected chi connectivity index (χ4v) is 4.76. The number of aliphatic hydroxyl groups is 1. The molecule has 1 N–H and O–H groups in total. The SMILES string of the molecule is COc1cccc([C@]2(O)CC[C@@H]3CN(Cc4cccc(C#N)c4)C[C@@H]32)c1. The summed E-state index contributed by atoms with van der Waals surface area (Å²) in [6, 6.07) is 17.9. The number of ether oxygens (including phenoxy) is 1. The average molecular weight is 348 g/mol. The zero-order valence-electron chi connectivity index (χ0n) is 15.1. The van der Waals surface area contributed by atoms with Crippen LogP contribution >= 0.6 is 0 Å². The maximum absolute atomic E-state index is 11.5. The van der Waals surface area contributed by atoms with E-state index in [1.807, 2.05) is 42.5 Å². The van der Waals surface area contributed by atoms with Crippen molar-refractivity contribution in [2.45, 2.75) is 25.0 Å². The molecule has 3 atom stereocenters. The van der Waals surface area contributed by atoms with E-state index in [1.165, 1.54) is 0 Å². The molecule has 1 aliphatic carbocycles. The van der Waals surface area contributed by atoms with Crippen LogP contribution in [0, 0.1) is 23.2 Å². The lowest BCUT2D eigenvalue weighted by atomic mass is 9.82. The van der Waals surface area contributed by atoms with Gasteiger partial charge in [-0.15, -0.1) is 0 Å². The maximum atomic E-state index is 11.5. The summed E-state index contributed by atoms with van der Waals surface area (Å²) in [5.41, 5.74) is 2.06. The molecule has 4 heteroatoms. The third-order valence-electron chi connectivity index (χ3n) is 6.06. The molecule has 2 aromatic carbocycles. The van der Waals surface area contributed by atoms with E-state index in [0.29, 0.717) is 11.5 Å². The number of benzene rings is 2. The first kappa shape index (κ1) is 17.1. The van der Waals surface area contributed by atoms with E-state index in [4.69, 9.17) is 10.00 Å². The van der Waals surface area contributed by atoms with Gasteiger partial charge in [0.1, 0.15) is 5.75 Å². The number of fused-ring (bicyclic) bond motifs is 1. The molecule has 1 saturated carbocycles. The first-order valence-corrected chi connectivity index (χ1v) is 9.20. The summed E-state index contributed by atoms with van der Waals surface area (Å²) in [7, 11) is 1.66. The lowest BCUT2D eigenvalue weighted by Crippen LogP contribution is -2.34. The van der Waals surface area contributed by atoms with Crippen LogP contribution in [-0.2, 0) is 12.1 Å². The Morgan fingerprint density at radius 2 is 2.08 bits per heavy atom. The first-order chi connectivity index (χ1) is 12.6. The van der Waals surface area contributed by atoms with Gasteiger partial charge in [-0.3, -0.25) is 4.90 Å². The first-order valence-electron chi connectivity index (χ1n) is 9.20. The number of nitriles is 1. The van der Waals surface area contributed by atoms with Crippen molar-refractivity contribution in [2.75, 3.05) is 20.2 Å². The molecule has 0 bridgehead atoms. The van der Waals surface area contributed by atoms with Gasteiger partial charge in [-0.25, -0.2) is 0 Å². The molecule has 0 unspecified atom stereocenters. The van der Waals surface area contributed by atoms with E-state index in [2.05, 4.69) is 17.0 Å². The van der Waals surface area contributed by atoms with Gasteiger partial charge in [0.2, 0.25) is 0 Å². The highest BCUT2D eigenvalue weighted by molar-refractivity contribution is 5.35. The van der Waals surface area contributed by atoms with Crippen LogP contribution in [0.2, 0.25) is 0 Å². The molecular weight excluding hydrogens is 324 g/mol. The average Bonchev–Trinajstić information content (AvgIpc) is 3.22. The molecule has 4 nitrogen and oxygen atoms in total. The van der Waals surface area contributed by atoms with Crippen LogP contribution in [0.5, 0.6) is 5.75 Å². The molecule has 134 valence electrons. The molecule has 0 spiro atoms. The second-order valence-corrected chi connectivity index (χ2v) is 7.57. The van der Waals surface area contributed by atoms with Gasteiger partial charge in [0, 0.05) is 25.6 Å². The van der Waals surface area contributed by atoms with Crippen molar-refractivity contribution in [3.05, 3.63) is 65.2 Å². The maximum Gasteiger partial charge on any atom is 0.119 e. The van der Waals surface area contributed by atoms with Gasteiger partial charge < -0.3 is 9.84 Å². The van der Waals surface area contributed by atoms with E-state index in [9.17, 15) is 5.11 Å². The fraction of sp³-hybridized carbons (Fsp3) is 0.409. The van der Waals surface area contributed by atoms with Crippen LogP contribution in [0.3, 0.4) is 0 Å². The Hall–Kier alpha value is -2.35. The largest absolute Gasteiger partial charge is 0.497 e. The quantitative estimate of drug-likeness (QED) is 0.921. The zero-order chi connectivity index (χ0) is 18.1. The standard InChI is InChI=1S/C22H24N2O2/c1-26-20-7-3-6-19(11-20)22(25)9-8-18-14-24(15-21(18)22)13-17-5-2-4-16(10-17)12-23/h2-7,10-11,18,21,25H,8-9,13-15H2,1H3/t18-,21+,22-/m1/s1. The summed E-state index contributed by atoms with van der Waals surface area (Å²) in [4.78, 5) is 2.41. The van der Waals surface area contributed by atoms with Gasteiger partial charge in [-0.05, 0) is 54.2 Å². The molecule has 0 radical (unpaired) electrons. The van der Waals surface area contributed by atoms with Gasteiger partial charge in [-0.2, -0.15) is 5.26 Å². The van der Waals surface area contributed by atoms with Crippen LogP contribution in [0.4, 0.5) is 0 Å². The van der Waals surface area contributed by atoms with E-state index in [0.717, 1.165) is 49.4 Å². The minimum atomic E-state index is -0.775. The minimum absolute atomic E-state index is 0.244. The number of hydrogen-bond acceptors (Lipinski definition) is 4. The molecule has 1 aliphatic heterocycles. The Labute approximate surface area is 154 Å². The Bertz CT molecular complexity index is 844. The van der Waals surface area contributed by atoms with Crippen molar-refractivity contribution in [1.82, 2.24) is 4.90 Å². The molecule has 0 amide bonds. The number of methoxy groups -OCH3 is 1. The highest BCUT2D eigenvalue weighted by atomic mass is 16.5. The van der Waals surface area contributed by atoms with Crippen molar-refractivity contribution < 1.29 is 9.84 Å². The Morgan fingerprint density at radius 3 is 2.88 bits per heavy atom. The van der Waals surface area contributed by atoms with Crippen molar-refractivity contribution in [1.29, 1.82) is 5.26 Å². The van der Waals surface area contributed by atoms with E-state index in [1.54, 1.807) is 7.11 Å². The van der Waals surface area contributed by atoms with E-state index in [-0.39, 0.29) is 5.92 Å². The third-order valence-corrected chi connectivity index (χ3v) is 6.06. The predicted octanol–water partition coefficient (Wildman–Crippen LogP) is 3.30. The van der Waals surface area contributed by atoms with Gasteiger partial charge in [0.05, 0.1) is 24.3 Å². The van der Waals surface area contributed by atoms with Crippen molar-refractivity contribution >= 4 is 0 Å². The third kappa shape index (κ3) is 2.98. The highest BCUT2D eigenvalue weighted by Gasteiger charge is 2.52. The van der Waals surface area contributed by atoms with Gasteiger partial charge >= 0.3 is 0 Å². The monoisotopic (exact) mass is 348 g/mol. The van der Waals surface area contributed by atoms with Crippen LogP contribution < -0.4 is 4.74 Å². The summed E-state index contributed by atoms with van der Waals surface area (Å²) in [5, 5.41) is 20.6. The molecule has 26 heavy (non-hydrogen) atoms. The summed E-state index contributed by atoms with van der Waals surface area (Å²) < 4.78 is 5.34. The zero-order valence-corrected chi connectivity index (χ0v) is 15.1. The molecule has 2 fully saturated rings. The summed E-state index contributed by atoms with van der Waals surface area (Å²) in [6.45, 7) is 2.72. The molecule has 2 aliphatic rings. The topological polar surface area (TPSA) is 56.5 Å². The normalized spacial score (nSPS) is 27.9. The van der Waals surface area contributed by atoms with E-state index >= 15 is 0 Å². The Balaban J connectivity index is 1.52. The predicted molar refractivity (Wildman–Crippen MR) is 99.5 cm³/mol. The van der Waals surface area contributed by atoms with Crippen LogP contribution in [0.15, 0.2) is 48.5 Å². The highest BCUT2D eigenvalue weighted by Crippen LogP contribution is 2.51.